The smallest absolute Gasteiger partial charge is 0.289 e. The number of furan rings is 1. The maximum absolute atomic E-state index is 12.6. The van der Waals surface area contributed by atoms with E-state index in [1.807, 2.05) is 30.3 Å². The lowest BCUT2D eigenvalue weighted by Crippen LogP contribution is -2.50. The van der Waals surface area contributed by atoms with Crippen LogP contribution >= 0.6 is 0 Å². The number of amides is 2. The van der Waals surface area contributed by atoms with Gasteiger partial charge in [-0.3, -0.25) is 9.59 Å². The average molecular weight is 323 g/mol. The Kier molecular flexibility index (Phi) is 3.57. The lowest BCUT2D eigenvalue weighted by molar-refractivity contribution is 0.0516. The molecule has 0 radical (unpaired) electrons. The van der Waals surface area contributed by atoms with Crippen LogP contribution in [0.15, 0.2) is 53.1 Å². The van der Waals surface area contributed by atoms with Gasteiger partial charge in [-0.25, -0.2) is 0 Å². The number of fused-ring (bicyclic) bond motifs is 1. The fraction of sp³-hybridized carbons (Fsp3) is 0.222. The highest BCUT2D eigenvalue weighted by atomic mass is 16.3. The maximum Gasteiger partial charge on any atom is 0.289 e. The molecule has 2 aromatic heterocycles. The van der Waals surface area contributed by atoms with Crippen LogP contribution in [0.25, 0.3) is 10.9 Å². The molecular formula is C18H17N3O3. The lowest BCUT2D eigenvalue weighted by atomic mass is 10.2. The number of carbonyl (C=O) groups is 2. The molecule has 0 aliphatic carbocycles. The fourth-order valence-electron chi connectivity index (χ4n) is 3.03. The van der Waals surface area contributed by atoms with Crippen LogP contribution in [0.3, 0.4) is 0 Å². The van der Waals surface area contributed by atoms with Crippen LogP contribution < -0.4 is 0 Å². The molecule has 122 valence electrons. The summed E-state index contributed by atoms with van der Waals surface area (Å²) < 4.78 is 5.15. The Labute approximate surface area is 138 Å². The molecule has 6 nitrogen and oxygen atoms in total. The number of H-pyrrole nitrogens is 1. The zero-order chi connectivity index (χ0) is 16.5. The second kappa shape index (κ2) is 5.88. The lowest BCUT2D eigenvalue weighted by Gasteiger charge is -2.34. The van der Waals surface area contributed by atoms with E-state index < -0.39 is 0 Å². The van der Waals surface area contributed by atoms with Crippen LogP contribution in [0, 0.1) is 0 Å². The Morgan fingerprint density at radius 1 is 0.917 bits per heavy atom. The number of nitrogens with one attached hydrogen (secondary N) is 1. The van der Waals surface area contributed by atoms with E-state index in [0.29, 0.717) is 37.6 Å². The van der Waals surface area contributed by atoms with Crippen molar-refractivity contribution in [3.8, 4) is 0 Å². The number of para-hydroxylation sites is 1. The van der Waals surface area contributed by atoms with Gasteiger partial charge < -0.3 is 19.2 Å². The fourth-order valence-corrected chi connectivity index (χ4v) is 3.03. The van der Waals surface area contributed by atoms with E-state index in [9.17, 15) is 9.59 Å². The molecule has 4 rings (SSSR count). The molecular weight excluding hydrogens is 306 g/mol. The first-order valence-electron chi connectivity index (χ1n) is 7.92. The standard InChI is InChI=1S/C18H17N3O3/c22-17(15-12-13-4-1-2-5-14(13)19-15)20-7-9-21(10-8-20)18(23)16-6-3-11-24-16/h1-6,11-12,19H,7-10H2. The van der Waals surface area contributed by atoms with Gasteiger partial charge in [-0.15, -0.1) is 0 Å². The number of nitrogens with zero attached hydrogens (tertiary/aromatic N) is 2. The van der Waals surface area contributed by atoms with Gasteiger partial charge >= 0.3 is 0 Å². The van der Waals surface area contributed by atoms with Crippen molar-refractivity contribution in [2.24, 2.45) is 0 Å². The molecule has 1 saturated heterocycles. The van der Waals surface area contributed by atoms with Crippen molar-refractivity contribution < 1.29 is 14.0 Å². The normalized spacial score (nSPS) is 15.0. The molecule has 1 fully saturated rings. The topological polar surface area (TPSA) is 69.6 Å². The molecule has 24 heavy (non-hydrogen) atoms. The van der Waals surface area contributed by atoms with E-state index in [-0.39, 0.29) is 11.8 Å². The Bertz CT molecular complexity index is 841. The largest absolute Gasteiger partial charge is 0.459 e. The van der Waals surface area contributed by atoms with Gasteiger partial charge in [0.25, 0.3) is 11.8 Å². The second-order valence-corrected chi connectivity index (χ2v) is 5.83. The summed E-state index contributed by atoms with van der Waals surface area (Å²) in [7, 11) is 0. The van der Waals surface area contributed by atoms with E-state index in [0.717, 1.165) is 10.9 Å². The summed E-state index contributed by atoms with van der Waals surface area (Å²) in [6.07, 6.45) is 1.49. The van der Waals surface area contributed by atoms with Gasteiger partial charge in [0.05, 0.1) is 6.26 Å². The molecule has 1 aliphatic rings. The number of benzene rings is 1. The number of aromatic nitrogens is 1. The Morgan fingerprint density at radius 3 is 2.29 bits per heavy atom. The first kappa shape index (κ1) is 14.6. The second-order valence-electron chi connectivity index (χ2n) is 5.83. The van der Waals surface area contributed by atoms with Crippen LogP contribution in [-0.2, 0) is 0 Å². The summed E-state index contributed by atoms with van der Waals surface area (Å²) in [6.45, 7) is 2.04. The molecule has 0 saturated carbocycles. The van der Waals surface area contributed by atoms with Crippen LogP contribution in [0.1, 0.15) is 21.0 Å². The molecule has 2 amide bonds. The Morgan fingerprint density at radius 2 is 1.62 bits per heavy atom. The molecule has 3 aromatic rings. The van der Waals surface area contributed by atoms with Gasteiger partial charge in [-0.1, -0.05) is 18.2 Å². The summed E-state index contributed by atoms with van der Waals surface area (Å²) in [6, 6.07) is 13.0. The summed E-state index contributed by atoms with van der Waals surface area (Å²) in [5, 5.41) is 1.02. The van der Waals surface area contributed by atoms with Gasteiger partial charge in [0, 0.05) is 37.1 Å². The molecule has 0 unspecified atom stereocenters. The molecule has 1 aromatic carbocycles. The first-order chi connectivity index (χ1) is 11.7. The quantitative estimate of drug-likeness (QED) is 0.787. The van der Waals surface area contributed by atoms with E-state index in [2.05, 4.69) is 4.98 Å². The molecule has 6 heteroatoms. The SMILES string of the molecule is O=C(c1cc2ccccc2[nH]1)N1CCN(C(=O)c2ccco2)CC1. The summed E-state index contributed by atoms with van der Waals surface area (Å²) in [4.78, 5) is 31.5. The Balaban J connectivity index is 1.43. The van der Waals surface area contributed by atoms with Gasteiger partial charge in [-0.2, -0.15) is 0 Å². The van der Waals surface area contributed by atoms with Gasteiger partial charge in [0.2, 0.25) is 0 Å². The van der Waals surface area contributed by atoms with Crippen LogP contribution in [-0.4, -0.2) is 52.8 Å². The molecule has 0 spiro atoms. The van der Waals surface area contributed by atoms with Gasteiger partial charge in [0.1, 0.15) is 5.69 Å². The molecule has 1 aliphatic heterocycles. The van der Waals surface area contributed by atoms with Crippen molar-refractivity contribution in [1.29, 1.82) is 0 Å². The van der Waals surface area contributed by atoms with Crippen molar-refractivity contribution in [2.45, 2.75) is 0 Å². The number of carbonyl (C=O) groups excluding carboxylic acids is 2. The third-order valence-electron chi connectivity index (χ3n) is 4.35. The summed E-state index contributed by atoms with van der Waals surface area (Å²) in [5.41, 5.74) is 1.54. The van der Waals surface area contributed by atoms with Crippen LogP contribution in [0.5, 0.6) is 0 Å². The van der Waals surface area contributed by atoms with E-state index in [1.165, 1.54) is 6.26 Å². The average Bonchev–Trinajstić information content (AvgIpc) is 3.30. The zero-order valence-electron chi connectivity index (χ0n) is 13.1. The number of piperazine rings is 1. The summed E-state index contributed by atoms with van der Waals surface area (Å²) in [5.74, 6) is 0.180. The maximum atomic E-state index is 12.6. The van der Waals surface area contributed by atoms with Crippen molar-refractivity contribution in [3.05, 3.63) is 60.2 Å². The molecule has 0 atom stereocenters. The molecule has 0 bridgehead atoms. The van der Waals surface area contributed by atoms with Crippen molar-refractivity contribution in [3.63, 3.8) is 0 Å². The third kappa shape index (κ3) is 2.56. The van der Waals surface area contributed by atoms with Crippen molar-refractivity contribution >= 4 is 22.7 Å². The predicted octanol–water partition coefficient (Wildman–Crippen LogP) is 2.36. The summed E-state index contributed by atoms with van der Waals surface area (Å²) >= 11 is 0. The first-order valence-corrected chi connectivity index (χ1v) is 7.92. The minimum Gasteiger partial charge on any atom is -0.459 e. The van der Waals surface area contributed by atoms with Gasteiger partial charge in [-0.05, 0) is 24.3 Å². The number of aromatic amines is 1. The van der Waals surface area contributed by atoms with Gasteiger partial charge in [0.15, 0.2) is 5.76 Å². The molecule has 1 N–H and O–H groups in total. The minimum absolute atomic E-state index is 0.0312. The third-order valence-corrected chi connectivity index (χ3v) is 4.35. The number of rotatable bonds is 2. The van der Waals surface area contributed by atoms with E-state index in [4.69, 9.17) is 4.42 Å². The van der Waals surface area contributed by atoms with Crippen molar-refractivity contribution in [2.75, 3.05) is 26.2 Å². The van der Waals surface area contributed by atoms with Crippen molar-refractivity contribution in [1.82, 2.24) is 14.8 Å². The zero-order valence-corrected chi connectivity index (χ0v) is 13.1. The highest BCUT2D eigenvalue weighted by molar-refractivity contribution is 5.98. The van der Waals surface area contributed by atoms with Crippen LogP contribution in [0.4, 0.5) is 0 Å². The predicted molar refractivity (Wildman–Crippen MR) is 88.8 cm³/mol. The Hall–Kier alpha value is -3.02. The molecule has 3 heterocycles. The monoisotopic (exact) mass is 323 g/mol. The highest BCUT2D eigenvalue weighted by Crippen LogP contribution is 2.17. The number of hydrogen-bond acceptors (Lipinski definition) is 3. The highest BCUT2D eigenvalue weighted by Gasteiger charge is 2.27. The minimum atomic E-state index is -0.127. The number of hydrogen-bond donors (Lipinski definition) is 1. The van der Waals surface area contributed by atoms with E-state index in [1.54, 1.807) is 21.9 Å². The van der Waals surface area contributed by atoms with Crippen LogP contribution in [0.2, 0.25) is 0 Å². The van der Waals surface area contributed by atoms with E-state index >= 15 is 0 Å².